The minimum Gasteiger partial charge on any atom is -0.468 e. The summed E-state index contributed by atoms with van der Waals surface area (Å²) in [6, 6.07) is 10.9. The quantitative estimate of drug-likeness (QED) is 0.764. The zero-order chi connectivity index (χ0) is 17.6. The zero-order valence-corrected chi connectivity index (χ0v) is 15.0. The lowest BCUT2D eigenvalue weighted by atomic mass is 10.1. The van der Waals surface area contributed by atoms with Crippen LogP contribution in [0.25, 0.3) is 0 Å². The highest BCUT2D eigenvalue weighted by atomic mass is 35.5. The van der Waals surface area contributed by atoms with E-state index in [1.54, 1.807) is 30.3 Å². The topological polar surface area (TPSA) is 77.2 Å². The van der Waals surface area contributed by atoms with Gasteiger partial charge in [-0.3, -0.25) is 4.79 Å². The predicted octanol–water partition coefficient (Wildman–Crippen LogP) is 3.18. The molecule has 144 valence electrons. The molecular weight excluding hydrogens is 394 g/mol. The first kappa shape index (κ1) is 24.0. The molecule has 1 heterocycles. The zero-order valence-electron chi connectivity index (χ0n) is 13.4. The third kappa shape index (κ3) is 7.90. The lowest BCUT2D eigenvalue weighted by Gasteiger charge is -2.13. The molecule has 0 aliphatic rings. The number of alkyl halides is 3. The fourth-order valence-corrected chi connectivity index (χ4v) is 1.91. The fraction of sp³-hybridized carbons (Fsp3) is 0.250. The van der Waals surface area contributed by atoms with Gasteiger partial charge in [-0.15, -0.1) is 24.8 Å². The van der Waals surface area contributed by atoms with Crippen molar-refractivity contribution in [3.63, 3.8) is 0 Å². The van der Waals surface area contributed by atoms with Gasteiger partial charge in [-0.2, -0.15) is 13.2 Å². The van der Waals surface area contributed by atoms with Gasteiger partial charge in [0.2, 0.25) is 11.8 Å². The Hall–Kier alpha value is -2.03. The summed E-state index contributed by atoms with van der Waals surface area (Å²) in [6.07, 6.45) is -3.13. The van der Waals surface area contributed by atoms with Crippen LogP contribution in [0.2, 0.25) is 0 Å². The highest BCUT2D eigenvalue weighted by Gasteiger charge is 2.28. The Morgan fingerprint density at radius 3 is 2.46 bits per heavy atom. The first-order chi connectivity index (χ1) is 11.3. The van der Waals surface area contributed by atoms with Crippen molar-refractivity contribution in [1.29, 1.82) is 0 Å². The van der Waals surface area contributed by atoms with Crippen molar-refractivity contribution in [2.24, 2.45) is 5.73 Å². The molecule has 3 N–H and O–H groups in total. The molecule has 5 nitrogen and oxygen atoms in total. The van der Waals surface area contributed by atoms with E-state index in [0.717, 1.165) is 0 Å². The molecule has 1 aromatic heterocycles. The SMILES string of the molecule is Cl.Cl.NC(C(=O)NCc1ccnc(OCC(F)(F)F)c1)c1ccccc1. The van der Waals surface area contributed by atoms with Crippen LogP contribution < -0.4 is 15.8 Å². The molecule has 1 amide bonds. The first-order valence-corrected chi connectivity index (χ1v) is 7.08. The number of nitrogens with two attached hydrogens (primary N) is 1. The monoisotopic (exact) mass is 411 g/mol. The predicted molar refractivity (Wildman–Crippen MR) is 95.5 cm³/mol. The third-order valence-corrected chi connectivity index (χ3v) is 3.09. The number of pyridine rings is 1. The van der Waals surface area contributed by atoms with Gasteiger partial charge in [-0.1, -0.05) is 30.3 Å². The summed E-state index contributed by atoms with van der Waals surface area (Å²) in [5, 5.41) is 2.63. The average Bonchev–Trinajstić information content (AvgIpc) is 2.58. The molecule has 1 atom stereocenters. The number of carbonyl (C=O) groups is 1. The minimum absolute atomic E-state index is 0. The van der Waals surface area contributed by atoms with Crippen molar-refractivity contribution in [2.75, 3.05) is 6.61 Å². The van der Waals surface area contributed by atoms with Crippen LogP contribution in [0.3, 0.4) is 0 Å². The van der Waals surface area contributed by atoms with Gasteiger partial charge >= 0.3 is 6.18 Å². The Labute approximate surface area is 161 Å². The largest absolute Gasteiger partial charge is 0.468 e. The van der Waals surface area contributed by atoms with Gasteiger partial charge in [-0.25, -0.2) is 4.98 Å². The summed E-state index contributed by atoms with van der Waals surface area (Å²) in [5.74, 6) is -0.554. The van der Waals surface area contributed by atoms with Crippen LogP contribution in [0.15, 0.2) is 48.7 Å². The molecule has 10 heteroatoms. The van der Waals surface area contributed by atoms with Gasteiger partial charge < -0.3 is 15.8 Å². The van der Waals surface area contributed by atoms with Crippen molar-refractivity contribution in [2.45, 2.75) is 18.8 Å². The number of nitrogens with one attached hydrogen (secondary N) is 1. The van der Waals surface area contributed by atoms with Gasteiger partial charge in [0, 0.05) is 18.8 Å². The second-order valence-electron chi connectivity index (χ2n) is 5.01. The number of ether oxygens (including phenoxy) is 1. The smallest absolute Gasteiger partial charge is 0.422 e. The number of hydrogen-bond donors (Lipinski definition) is 2. The summed E-state index contributed by atoms with van der Waals surface area (Å²) >= 11 is 0. The second-order valence-corrected chi connectivity index (χ2v) is 5.01. The van der Waals surface area contributed by atoms with Gasteiger partial charge in [-0.05, 0) is 17.2 Å². The van der Waals surface area contributed by atoms with Crippen LogP contribution in [-0.2, 0) is 11.3 Å². The Balaban J connectivity index is 0.00000312. The average molecular weight is 412 g/mol. The van der Waals surface area contributed by atoms with E-state index in [0.29, 0.717) is 11.1 Å². The number of halogens is 5. The number of amides is 1. The molecule has 0 radical (unpaired) electrons. The van der Waals surface area contributed by atoms with Crippen LogP contribution in [0.4, 0.5) is 13.2 Å². The van der Waals surface area contributed by atoms with Gasteiger partial charge in [0.05, 0.1) is 0 Å². The van der Waals surface area contributed by atoms with Crippen molar-refractivity contribution in [3.05, 3.63) is 59.8 Å². The molecule has 0 saturated carbocycles. The number of rotatable bonds is 6. The van der Waals surface area contributed by atoms with E-state index in [4.69, 9.17) is 5.73 Å². The normalized spacial score (nSPS) is 11.5. The molecule has 0 aliphatic heterocycles. The molecule has 0 fully saturated rings. The highest BCUT2D eigenvalue weighted by molar-refractivity contribution is 5.85. The van der Waals surface area contributed by atoms with Crippen LogP contribution in [0.5, 0.6) is 5.88 Å². The molecule has 1 unspecified atom stereocenters. The van der Waals surface area contributed by atoms with E-state index < -0.39 is 24.7 Å². The molecule has 2 aromatic rings. The molecule has 1 aromatic carbocycles. The summed E-state index contributed by atoms with van der Waals surface area (Å²) in [7, 11) is 0. The Kier molecular flexibility index (Phi) is 10.0. The molecule has 0 spiro atoms. The maximum atomic E-state index is 12.1. The molecular formula is C16H18Cl2F3N3O2. The van der Waals surface area contributed by atoms with Gasteiger partial charge in [0.25, 0.3) is 0 Å². The number of hydrogen-bond acceptors (Lipinski definition) is 4. The number of carbonyl (C=O) groups excluding carboxylic acids is 1. The van der Waals surface area contributed by atoms with Gasteiger partial charge in [0.15, 0.2) is 6.61 Å². The molecule has 0 bridgehead atoms. The first-order valence-electron chi connectivity index (χ1n) is 7.08. The summed E-state index contributed by atoms with van der Waals surface area (Å²) in [5.41, 5.74) is 7.07. The van der Waals surface area contributed by atoms with Crippen molar-refractivity contribution in [3.8, 4) is 5.88 Å². The van der Waals surface area contributed by atoms with Gasteiger partial charge in [0.1, 0.15) is 6.04 Å². The van der Waals surface area contributed by atoms with E-state index >= 15 is 0 Å². The maximum Gasteiger partial charge on any atom is 0.422 e. The van der Waals surface area contributed by atoms with Crippen molar-refractivity contribution >= 4 is 30.7 Å². The van der Waals surface area contributed by atoms with Crippen LogP contribution in [-0.4, -0.2) is 23.7 Å². The summed E-state index contributed by atoms with van der Waals surface area (Å²) < 4.78 is 40.9. The van der Waals surface area contributed by atoms with E-state index in [1.165, 1.54) is 12.3 Å². The molecule has 2 rings (SSSR count). The Bertz CT molecular complexity index is 688. The number of benzene rings is 1. The summed E-state index contributed by atoms with van der Waals surface area (Å²) in [6.45, 7) is -1.32. The number of nitrogens with zero attached hydrogens (tertiary/aromatic N) is 1. The summed E-state index contributed by atoms with van der Waals surface area (Å²) in [4.78, 5) is 15.7. The van der Waals surface area contributed by atoms with E-state index in [9.17, 15) is 18.0 Å². The Morgan fingerprint density at radius 1 is 1.19 bits per heavy atom. The Morgan fingerprint density at radius 2 is 1.85 bits per heavy atom. The van der Waals surface area contributed by atoms with Crippen molar-refractivity contribution < 1.29 is 22.7 Å². The lowest BCUT2D eigenvalue weighted by Crippen LogP contribution is -2.33. The van der Waals surface area contributed by atoms with Crippen molar-refractivity contribution in [1.82, 2.24) is 10.3 Å². The third-order valence-electron chi connectivity index (χ3n) is 3.09. The minimum atomic E-state index is -4.44. The molecule has 0 aliphatic carbocycles. The number of aromatic nitrogens is 1. The fourth-order valence-electron chi connectivity index (χ4n) is 1.91. The van der Waals surface area contributed by atoms with Crippen LogP contribution >= 0.6 is 24.8 Å². The van der Waals surface area contributed by atoms with Crippen LogP contribution in [0.1, 0.15) is 17.2 Å². The molecule has 0 saturated heterocycles. The van der Waals surface area contributed by atoms with Crippen LogP contribution in [0, 0.1) is 0 Å². The maximum absolute atomic E-state index is 12.1. The standard InChI is InChI=1S/C16H16F3N3O2.2ClH/c17-16(18,19)10-24-13-8-11(6-7-21-13)9-22-15(23)14(20)12-4-2-1-3-5-12;;/h1-8,14H,9-10,20H2,(H,22,23);2*1H. The van der Waals surface area contributed by atoms with E-state index in [-0.39, 0.29) is 37.2 Å². The van der Waals surface area contributed by atoms with E-state index in [2.05, 4.69) is 15.0 Å². The molecule has 26 heavy (non-hydrogen) atoms. The van der Waals surface area contributed by atoms with E-state index in [1.807, 2.05) is 6.07 Å². The lowest BCUT2D eigenvalue weighted by molar-refractivity contribution is -0.154. The second kappa shape index (κ2) is 10.8. The highest BCUT2D eigenvalue weighted by Crippen LogP contribution is 2.17.